The molecule has 0 saturated carbocycles. The molecule has 0 spiro atoms. The van der Waals surface area contributed by atoms with Crippen LogP contribution in [0.15, 0.2) is 22.7 Å². The molecule has 3 rings (SSSR count). The second-order valence-corrected chi connectivity index (χ2v) is 6.58. The summed E-state index contributed by atoms with van der Waals surface area (Å²) in [5, 5.41) is 13.1. The van der Waals surface area contributed by atoms with Crippen molar-refractivity contribution < 1.29 is 5.11 Å². The van der Waals surface area contributed by atoms with Gasteiger partial charge in [0.05, 0.1) is 6.10 Å². The Balaban J connectivity index is 1.85. The largest absolute Gasteiger partial charge is 0.393 e. The molecule has 0 aliphatic carbocycles. The van der Waals surface area contributed by atoms with Crippen LogP contribution in [0.4, 0.5) is 5.69 Å². The second-order valence-electron chi connectivity index (χ2n) is 5.72. The Labute approximate surface area is 123 Å². The molecule has 2 heterocycles. The fourth-order valence-corrected chi connectivity index (χ4v) is 4.11. The van der Waals surface area contributed by atoms with Crippen LogP contribution in [-0.2, 0) is 6.54 Å². The maximum atomic E-state index is 9.88. The first-order chi connectivity index (χ1) is 9.19. The smallest absolute Gasteiger partial charge is 0.0579 e. The fourth-order valence-electron chi connectivity index (χ4n) is 3.60. The summed E-state index contributed by atoms with van der Waals surface area (Å²) < 4.78 is 1.17. The fraction of sp³-hybridized carbons (Fsp3) is 0.600. The number of hydrogen-bond donors (Lipinski definition) is 2. The SMILES string of the molecule is CNCc1ccc(N2C3CCC2CC(O)C3)cc1Br. The summed E-state index contributed by atoms with van der Waals surface area (Å²) in [5.41, 5.74) is 2.58. The van der Waals surface area contributed by atoms with Crippen molar-refractivity contribution in [2.24, 2.45) is 0 Å². The van der Waals surface area contributed by atoms with Gasteiger partial charge in [-0.15, -0.1) is 0 Å². The van der Waals surface area contributed by atoms with Gasteiger partial charge in [-0.3, -0.25) is 0 Å². The molecule has 1 aromatic carbocycles. The summed E-state index contributed by atoms with van der Waals surface area (Å²) in [6.45, 7) is 0.881. The maximum absolute atomic E-state index is 9.88. The zero-order valence-corrected chi connectivity index (χ0v) is 12.9. The van der Waals surface area contributed by atoms with Crippen LogP contribution in [0, 0.1) is 0 Å². The van der Waals surface area contributed by atoms with Gasteiger partial charge >= 0.3 is 0 Å². The van der Waals surface area contributed by atoms with Crippen molar-refractivity contribution in [3.8, 4) is 0 Å². The maximum Gasteiger partial charge on any atom is 0.0579 e. The van der Waals surface area contributed by atoms with Gasteiger partial charge in [-0.1, -0.05) is 22.0 Å². The van der Waals surface area contributed by atoms with Gasteiger partial charge in [0, 0.05) is 28.8 Å². The normalized spacial score (nSPS) is 29.8. The van der Waals surface area contributed by atoms with Crippen molar-refractivity contribution in [3.63, 3.8) is 0 Å². The van der Waals surface area contributed by atoms with Crippen LogP contribution in [0.5, 0.6) is 0 Å². The predicted octanol–water partition coefficient (Wildman–Crippen LogP) is 2.66. The lowest BCUT2D eigenvalue weighted by Gasteiger charge is -2.39. The van der Waals surface area contributed by atoms with Gasteiger partial charge in [0.1, 0.15) is 0 Å². The first-order valence-corrected chi connectivity index (χ1v) is 7.87. The highest BCUT2D eigenvalue weighted by molar-refractivity contribution is 9.10. The first kappa shape index (κ1) is 13.4. The number of hydrogen-bond acceptors (Lipinski definition) is 3. The summed E-state index contributed by atoms with van der Waals surface area (Å²) >= 11 is 3.67. The molecule has 2 N–H and O–H groups in total. The van der Waals surface area contributed by atoms with E-state index in [4.69, 9.17) is 0 Å². The molecule has 2 unspecified atom stereocenters. The minimum Gasteiger partial charge on any atom is -0.393 e. The van der Waals surface area contributed by atoms with Gasteiger partial charge < -0.3 is 15.3 Å². The van der Waals surface area contributed by atoms with E-state index in [1.54, 1.807) is 0 Å². The van der Waals surface area contributed by atoms with Crippen molar-refractivity contribution in [2.75, 3.05) is 11.9 Å². The highest BCUT2D eigenvalue weighted by Crippen LogP contribution is 2.40. The molecular formula is C15H21BrN2O. The summed E-state index contributed by atoms with van der Waals surface area (Å²) in [4.78, 5) is 2.53. The van der Waals surface area contributed by atoms with Crippen molar-refractivity contribution in [2.45, 2.75) is 50.4 Å². The van der Waals surface area contributed by atoms with Crippen LogP contribution in [0.3, 0.4) is 0 Å². The molecule has 2 saturated heterocycles. The van der Waals surface area contributed by atoms with Crippen LogP contribution in [0.1, 0.15) is 31.2 Å². The Morgan fingerprint density at radius 3 is 2.58 bits per heavy atom. The van der Waals surface area contributed by atoms with E-state index in [1.807, 2.05) is 7.05 Å². The second kappa shape index (κ2) is 5.43. The zero-order chi connectivity index (χ0) is 13.4. The van der Waals surface area contributed by atoms with Crippen LogP contribution in [-0.4, -0.2) is 30.3 Å². The Morgan fingerprint density at radius 2 is 2.00 bits per heavy atom. The van der Waals surface area contributed by atoms with Crippen molar-refractivity contribution in [1.82, 2.24) is 5.32 Å². The molecule has 3 nitrogen and oxygen atoms in total. The lowest BCUT2D eigenvalue weighted by atomic mass is 9.99. The number of aliphatic hydroxyl groups is 1. The molecule has 2 aliphatic heterocycles. The number of aliphatic hydroxyl groups excluding tert-OH is 1. The monoisotopic (exact) mass is 324 g/mol. The molecule has 2 bridgehead atoms. The topological polar surface area (TPSA) is 35.5 Å². The number of nitrogens with zero attached hydrogens (tertiary/aromatic N) is 1. The van der Waals surface area contributed by atoms with Crippen molar-refractivity contribution in [3.05, 3.63) is 28.2 Å². The molecule has 0 radical (unpaired) electrons. The van der Waals surface area contributed by atoms with E-state index in [-0.39, 0.29) is 6.10 Å². The average Bonchev–Trinajstić information content (AvgIpc) is 2.64. The lowest BCUT2D eigenvalue weighted by molar-refractivity contribution is 0.126. The Bertz CT molecular complexity index is 451. The van der Waals surface area contributed by atoms with Crippen LogP contribution < -0.4 is 10.2 Å². The number of anilines is 1. The van der Waals surface area contributed by atoms with Crippen LogP contribution >= 0.6 is 15.9 Å². The molecule has 19 heavy (non-hydrogen) atoms. The Kier molecular flexibility index (Phi) is 3.83. The number of benzene rings is 1. The molecule has 0 aromatic heterocycles. The van der Waals surface area contributed by atoms with E-state index < -0.39 is 0 Å². The molecule has 0 amide bonds. The van der Waals surface area contributed by atoms with Gasteiger partial charge in [0.2, 0.25) is 0 Å². The van der Waals surface area contributed by atoms with E-state index >= 15 is 0 Å². The number of piperidine rings is 1. The zero-order valence-electron chi connectivity index (χ0n) is 11.3. The third-order valence-corrected chi connectivity index (χ3v) is 5.15. The quantitative estimate of drug-likeness (QED) is 0.897. The number of fused-ring (bicyclic) bond motifs is 2. The van der Waals surface area contributed by atoms with Gasteiger partial charge in [-0.2, -0.15) is 0 Å². The first-order valence-electron chi connectivity index (χ1n) is 7.08. The molecule has 104 valence electrons. The molecule has 1 aromatic rings. The van der Waals surface area contributed by atoms with E-state index in [9.17, 15) is 5.11 Å². The Hall–Kier alpha value is -0.580. The molecular weight excluding hydrogens is 304 g/mol. The molecule has 4 heteroatoms. The third kappa shape index (κ3) is 2.54. The van der Waals surface area contributed by atoms with Gasteiger partial charge in [0.25, 0.3) is 0 Å². The van der Waals surface area contributed by atoms with Crippen molar-refractivity contribution >= 4 is 21.6 Å². The summed E-state index contributed by atoms with van der Waals surface area (Å²) in [5.74, 6) is 0. The average molecular weight is 325 g/mol. The van der Waals surface area contributed by atoms with Crippen LogP contribution in [0.2, 0.25) is 0 Å². The van der Waals surface area contributed by atoms with Gasteiger partial charge in [-0.25, -0.2) is 0 Å². The number of rotatable bonds is 3. The van der Waals surface area contributed by atoms with Gasteiger partial charge in [0.15, 0.2) is 0 Å². The van der Waals surface area contributed by atoms with E-state index in [0.29, 0.717) is 12.1 Å². The molecule has 2 aliphatic rings. The number of halogens is 1. The van der Waals surface area contributed by atoms with E-state index in [0.717, 1.165) is 19.4 Å². The minimum atomic E-state index is -0.0965. The molecule has 2 atom stereocenters. The highest BCUT2D eigenvalue weighted by atomic mass is 79.9. The summed E-state index contributed by atoms with van der Waals surface area (Å²) in [7, 11) is 1.96. The van der Waals surface area contributed by atoms with E-state index in [1.165, 1.54) is 28.6 Å². The third-order valence-electron chi connectivity index (χ3n) is 4.41. The predicted molar refractivity (Wildman–Crippen MR) is 81.4 cm³/mol. The standard InChI is InChI=1S/C15H21BrN2O/c1-17-9-10-2-3-13(8-15(10)16)18-11-4-5-12(18)7-14(19)6-11/h2-3,8,11-12,14,17,19H,4-7,9H2,1H3. The van der Waals surface area contributed by atoms with Gasteiger partial charge in [-0.05, 0) is 50.4 Å². The molecule has 2 fully saturated rings. The summed E-state index contributed by atoms with van der Waals surface area (Å²) in [6.07, 6.45) is 4.19. The number of nitrogens with one attached hydrogen (secondary N) is 1. The van der Waals surface area contributed by atoms with Crippen LogP contribution in [0.25, 0.3) is 0 Å². The Morgan fingerprint density at radius 1 is 1.32 bits per heavy atom. The minimum absolute atomic E-state index is 0.0965. The lowest BCUT2D eigenvalue weighted by Crippen LogP contribution is -2.44. The van der Waals surface area contributed by atoms with Crippen molar-refractivity contribution in [1.29, 1.82) is 0 Å². The van der Waals surface area contributed by atoms with E-state index in [2.05, 4.69) is 44.3 Å². The summed E-state index contributed by atoms with van der Waals surface area (Å²) in [6, 6.07) is 7.70. The highest BCUT2D eigenvalue weighted by Gasteiger charge is 2.40.